The summed E-state index contributed by atoms with van der Waals surface area (Å²) in [7, 11) is 0. The molecule has 0 radical (unpaired) electrons. The lowest BCUT2D eigenvalue weighted by molar-refractivity contribution is -0.121. The van der Waals surface area contributed by atoms with Gasteiger partial charge in [-0.1, -0.05) is 22.4 Å². The monoisotopic (exact) mass is 433 g/mol. The van der Waals surface area contributed by atoms with E-state index >= 15 is 0 Å². The van der Waals surface area contributed by atoms with Crippen molar-refractivity contribution >= 4 is 44.8 Å². The molecule has 1 atom stereocenters. The van der Waals surface area contributed by atoms with E-state index in [1.807, 2.05) is 12.1 Å². The first-order valence-corrected chi connectivity index (χ1v) is 10.6. The molecule has 1 unspecified atom stereocenters. The number of fused-ring (bicyclic) bond motifs is 1. The highest BCUT2D eigenvalue weighted by Crippen LogP contribution is 2.27. The second-order valence-electron chi connectivity index (χ2n) is 6.72. The van der Waals surface area contributed by atoms with Gasteiger partial charge in [0.1, 0.15) is 5.01 Å². The molecule has 2 heterocycles. The molecule has 26 heavy (non-hydrogen) atoms. The van der Waals surface area contributed by atoms with Crippen LogP contribution in [0.15, 0.2) is 28.7 Å². The Labute approximate surface area is 164 Å². The Kier molecular flexibility index (Phi) is 5.20. The fourth-order valence-corrected chi connectivity index (χ4v) is 4.89. The Hall–Kier alpha value is -1.57. The topological polar surface area (TPSA) is 62.3 Å². The van der Waals surface area contributed by atoms with Crippen molar-refractivity contribution in [3.05, 3.63) is 44.3 Å². The summed E-state index contributed by atoms with van der Waals surface area (Å²) in [6.45, 7) is 0.537. The molecular weight excluding hydrogens is 414 g/mol. The fourth-order valence-electron chi connectivity index (χ4n) is 3.52. The van der Waals surface area contributed by atoms with Crippen LogP contribution in [0.4, 0.5) is 5.69 Å². The molecular formula is C19H20BrN3O2S. The fraction of sp³-hybridized carbons (Fsp3) is 0.421. The van der Waals surface area contributed by atoms with Gasteiger partial charge in [0, 0.05) is 15.9 Å². The van der Waals surface area contributed by atoms with Crippen LogP contribution in [-0.4, -0.2) is 22.8 Å². The number of benzene rings is 1. The van der Waals surface area contributed by atoms with Gasteiger partial charge in [0.2, 0.25) is 5.91 Å². The van der Waals surface area contributed by atoms with Crippen molar-refractivity contribution in [2.24, 2.45) is 0 Å². The Morgan fingerprint density at radius 2 is 1.92 bits per heavy atom. The maximum absolute atomic E-state index is 12.7. The molecule has 1 aromatic heterocycles. The van der Waals surface area contributed by atoms with Crippen LogP contribution in [0.2, 0.25) is 0 Å². The van der Waals surface area contributed by atoms with Gasteiger partial charge in [0.25, 0.3) is 5.91 Å². The van der Waals surface area contributed by atoms with Gasteiger partial charge in [0.05, 0.1) is 23.8 Å². The van der Waals surface area contributed by atoms with Gasteiger partial charge >= 0.3 is 0 Å². The minimum Gasteiger partial charge on any atom is -0.299 e. The molecule has 0 bridgehead atoms. The highest BCUT2D eigenvalue weighted by Gasteiger charge is 2.39. The first kappa shape index (κ1) is 17.8. The number of thiazole rings is 1. The van der Waals surface area contributed by atoms with Gasteiger partial charge in [-0.25, -0.2) is 9.88 Å². The minimum absolute atomic E-state index is 0.162. The molecule has 7 heteroatoms. The summed E-state index contributed by atoms with van der Waals surface area (Å²) in [6, 6.07) is 6.74. The molecule has 0 spiro atoms. The zero-order valence-corrected chi connectivity index (χ0v) is 16.7. The molecule has 1 N–H and O–H groups in total. The van der Waals surface area contributed by atoms with Crippen molar-refractivity contribution < 1.29 is 9.59 Å². The van der Waals surface area contributed by atoms with Crippen LogP contribution in [0, 0.1) is 0 Å². The number of nitrogens with zero attached hydrogens (tertiary/aromatic N) is 2. The number of rotatable bonds is 4. The van der Waals surface area contributed by atoms with Gasteiger partial charge in [-0.15, -0.1) is 11.3 Å². The number of aromatic nitrogens is 1. The number of amides is 2. The molecule has 2 aromatic rings. The lowest BCUT2D eigenvalue weighted by atomic mass is 10.2. The van der Waals surface area contributed by atoms with Crippen LogP contribution in [0.25, 0.3) is 0 Å². The van der Waals surface area contributed by atoms with Crippen molar-refractivity contribution in [2.75, 3.05) is 4.90 Å². The van der Waals surface area contributed by atoms with Crippen molar-refractivity contribution in [1.29, 1.82) is 0 Å². The third-order valence-corrected chi connectivity index (χ3v) is 6.56. The van der Waals surface area contributed by atoms with Crippen molar-refractivity contribution in [3.63, 3.8) is 0 Å². The number of hydrogen-bond donors (Lipinski definition) is 1. The standard InChI is InChI=1S/C19H20BrN3O2S/c20-12-6-8-13(9-7-12)23-18(24)10-15(19(23)25)21-11-17-22-14-4-2-1-3-5-16(14)26-17/h6-9,15,21H,1-5,10-11H2. The highest BCUT2D eigenvalue weighted by molar-refractivity contribution is 9.10. The van der Waals surface area contributed by atoms with E-state index in [-0.39, 0.29) is 18.2 Å². The first-order valence-electron chi connectivity index (χ1n) is 8.95. The molecule has 5 nitrogen and oxygen atoms in total. The van der Waals surface area contributed by atoms with Gasteiger partial charge in [-0.2, -0.15) is 0 Å². The van der Waals surface area contributed by atoms with Gasteiger partial charge < -0.3 is 0 Å². The minimum atomic E-state index is -0.477. The van der Waals surface area contributed by atoms with E-state index in [0.717, 1.165) is 22.3 Å². The van der Waals surface area contributed by atoms with E-state index < -0.39 is 6.04 Å². The molecule has 0 saturated carbocycles. The van der Waals surface area contributed by atoms with E-state index in [4.69, 9.17) is 4.98 Å². The lowest BCUT2D eigenvalue weighted by Gasteiger charge is -2.15. The molecule has 1 aromatic carbocycles. The van der Waals surface area contributed by atoms with Crippen molar-refractivity contribution in [2.45, 2.75) is 51.1 Å². The average Bonchev–Trinajstić information content (AvgIpc) is 3.05. The number of imide groups is 1. The van der Waals surface area contributed by atoms with E-state index in [2.05, 4.69) is 21.2 Å². The first-order chi connectivity index (χ1) is 12.6. The van der Waals surface area contributed by atoms with E-state index in [1.165, 1.54) is 34.7 Å². The van der Waals surface area contributed by atoms with Crippen LogP contribution in [-0.2, 0) is 29.0 Å². The summed E-state index contributed by atoms with van der Waals surface area (Å²) in [5.41, 5.74) is 1.85. The van der Waals surface area contributed by atoms with Crippen molar-refractivity contribution in [1.82, 2.24) is 10.3 Å². The molecule has 136 valence electrons. The summed E-state index contributed by atoms with van der Waals surface area (Å²) in [5.74, 6) is -0.347. The summed E-state index contributed by atoms with van der Waals surface area (Å²) >= 11 is 5.11. The number of aryl methyl sites for hydroxylation is 2. The second kappa shape index (κ2) is 7.58. The molecule has 4 rings (SSSR count). The second-order valence-corrected chi connectivity index (χ2v) is 8.80. The van der Waals surface area contributed by atoms with Crippen LogP contribution in [0.1, 0.15) is 41.3 Å². The third-order valence-electron chi connectivity index (χ3n) is 4.87. The number of halogens is 1. The number of anilines is 1. The maximum atomic E-state index is 12.7. The largest absolute Gasteiger partial charge is 0.299 e. The average molecular weight is 434 g/mol. The van der Waals surface area contributed by atoms with Crippen LogP contribution in [0.5, 0.6) is 0 Å². The Morgan fingerprint density at radius 1 is 1.15 bits per heavy atom. The number of carbonyl (C=O) groups is 2. The molecule has 1 aliphatic carbocycles. The zero-order valence-electron chi connectivity index (χ0n) is 14.3. The SMILES string of the molecule is O=C1CC(NCc2nc3c(s2)CCCCC3)C(=O)N1c1ccc(Br)cc1. The van der Waals surface area contributed by atoms with Gasteiger partial charge in [0.15, 0.2) is 0 Å². The number of nitrogens with one attached hydrogen (secondary N) is 1. The van der Waals surface area contributed by atoms with E-state index in [1.54, 1.807) is 23.5 Å². The Balaban J connectivity index is 1.42. The van der Waals surface area contributed by atoms with Crippen LogP contribution >= 0.6 is 27.3 Å². The van der Waals surface area contributed by atoms with E-state index in [9.17, 15) is 9.59 Å². The highest BCUT2D eigenvalue weighted by atomic mass is 79.9. The lowest BCUT2D eigenvalue weighted by Crippen LogP contribution is -2.38. The summed E-state index contributed by atoms with van der Waals surface area (Å²) in [5, 5.41) is 4.25. The van der Waals surface area contributed by atoms with Crippen LogP contribution in [0.3, 0.4) is 0 Å². The maximum Gasteiger partial charge on any atom is 0.251 e. The smallest absolute Gasteiger partial charge is 0.251 e. The molecule has 2 aliphatic rings. The summed E-state index contributed by atoms with van der Waals surface area (Å²) < 4.78 is 0.915. The molecule has 1 fully saturated rings. The Bertz CT molecular complexity index is 810. The Morgan fingerprint density at radius 3 is 2.73 bits per heavy atom. The van der Waals surface area contributed by atoms with Gasteiger partial charge in [-0.3, -0.25) is 14.9 Å². The summed E-state index contributed by atoms with van der Waals surface area (Å²) in [4.78, 5) is 32.4. The van der Waals surface area contributed by atoms with E-state index in [0.29, 0.717) is 12.2 Å². The predicted octanol–water partition coefficient (Wildman–Crippen LogP) is 3.60. The quantitative estimate of drug-likeness (QED) is 0.590. The summed E-state index contributed by atoms with van der Waals surface area (Å²) in [6.07, 6.45) is 6.09. The molecule has 1 saturated heterocycles. The molecule has 1 aliphatic heterocycles. The zero-order chi connectivity index (χ0) is 18.1. The van der Waals surface area contributed by atoms with Crippen LogP contribution < -0.4 is 10.2 Å². The van der Waals surface area contributed by atoms with Crippen molar-refractivity contribution in [3.8, 4) is 0 Å². The number of carbonyl (C=O) groups excluding carboxylic acids is 2. The third kappa shape index (κ3) is 3.61. The van der Waals surface area contributed by atoms with Gasteiger partial charge in [-0.05, 0) is 49.9 Å². The number of hydrogen-bond acceptors (Lipinski definition) is 5. The normalized spacial score (nSPS) is 20.3. The molecule has 2 amide bonds. The predicted molar refractivity (Wildman–Crippen MR) is 105 cm³/mol.